The summed E-state index contributed by atoms with van der Waals surface area (Å²) < 4.78 is 0. The lowest BCUT2D eigenvalue weighted by atomic mass is 10.1. The predicted octanol–water partition coefficient (Wildman–Crippen LogP) is 3.63. The summed E-state index contributed by atoms with van der Waals surface area (Å²) in [6.45, 7) is 5.41. The van der Waals surface area contributed by atoms with Gasteiger partial charge in [0.05, 0.1) is 0 Å². The van der Waals surface area contributed by atoms with Crippen molar-refractivity contribution in [3.63, 3.8) is 0 Å². The van der Waals surface area contributed by atoms with Crippen LogP contribution in [0.15, 0.2) is 18.2 Å². The highest BCUT2D eigenvalue weighted by Gasteiger charge is 2.12. The molecule has 2 heteroatoms. The van der Waals surface area contributed by atoms with Crippen LogP contribution >= 0.6 is 11.6 Å². The molecule has 0 N–H and O–H groups in total. The molecule has 1 aromatic rings. The second kappa shape index (κ2) is 6.42. The van der Waals surface area contributed by atoms with Crippen LogP contribution in [-0.4, -0.2) is 23.9 Å². The lowest BCUT2D eigenvalue weighted by molar-refractivity contribution is 0.282. The van der Waals surface area contributed by atoms with Crippen LogP contribution in [0.1, 0.15) is 36.5 Å². The van der Waals surface area contributed by atoms with Crippen LogP contribution in [0.25, 0.3) is 0 Å². The highest BCUT2D eigenvalue weighted by Crippen LogP contribution is 2.23. The van der Waals surface area contributed by atoms with Gasteiger partial charge in [-0.3, -0.25) is 4.90 Å². The Morgan fingerprint density at radius 2 is 2.00 bits per heavy atom. The molecule has 0 spiro atoms. The zero-order chi connectivity index (χ0) is 12.1. The van der Waals surface area contributed by atoms with Gasteiger partial charge in [-0.15, -0.1) is 11.6 Å². The molecule has 0 aliphatic heterocycles. The third kappa shape index (κ3) is 3.46. The van der Waals surface area contributed by atoms with E-state index >= 15 is 0 Å². The predicted molar refractivity (Wildman–Crippen MR) is 74.8 cm³/mol. The van der Waals surface area contributed by atoms with Gasteiger partial charge in [-0.05, 0) is 48.9 Å². The van der Waals surface area contributed by atoms with Crippen LogP contribution < -0.4 is 0 Å². The molecular weight excluding hydrogens is 230 g/mol. The minimum atomic E-state index is 0.727. The third-order valence-corrected chi connectivity index (χ3v) is 3.68. The van der Waals surface area contributed by atoms with Crippen LogP contribution in [0.3, 0.4) is 0 Å². The molecule has 1 aliphatic carbocycles. The third-order valence-electron chi connectivity index (χ3n) is 3.51. The van der Waals surface area contributed by atoms with Gasteiger partial charge in [0.25, 0.3) is 0 Å². The van der Waals surface area contributed by atoms with Crippen molar-refractivity contribution >= 4 is 11.6 Å². The van der Waals surface area contributed by atoms with Crippen LogP contribution in [0.2, 0.25) is 0 Å². The number of benzene rings is 1. The monoisotopic (exact) mass is 251 g/mol. The van der Waals surface area contributed by atoms with Crippen LogP contribution in [0, 0.1) is 0 Å². The maximum Gasteiger partial charge on any atom is 0.0351 e. The van der Waals surface area contributed by atoms with E-state index < -0.39 is 0 Å². The zero-order valence-electron chi connectivity index (χ0n) is 10.7. The van der Waals surface area contributed by atoms with Gasteiger partial charge in [-0.1, -0.05) is 25.1 Å². The zero-order valence-corrected chi connectivity index (χ0v) is 11.5. The average Bonchev–Trinajstić information content (AvgIpc) is 2.77. The van der Waals surface area contributed by atoms with Crippen LogP contribution in [0.4, 0.5) is 0 Å². The average molecular weight is 252 g/mol. The number of nitrogens with zero attached hydrogens (tertiary/aromatic N) is 1. The van der Waals surface area contributed by atoms with E-state index in [1.54, 1.807) is 11.1 Å². The first-order valence-electron chi connectivity index (χ1n) is 6.72. The van der Waals surface area contributed by atoms with Crippen molar-refractivity contribution in [2.24, 2.45) is 0 Å². The molecule has 17 heavy (non-hydrogen) atoms. The molecule has 1 aliphatic rings. The summed E-state index contributed by atoms with van der Waals surface area (Å²) in [5.74, 6) is 0.727. The topological polar surface area (TPSA) is 3.24 Å². The van der Waals surface area contributed by atoms with E-state index in [9.17, 15) is 0 Å². The van der Waals surface area contributed by atoms with Crippen molar-refractivity contribution in [3.05, 3.63) is 34.9 Å². The minimum Gasteiger partial charge on any atom is -0.298 e. The second-order valence-corrected chi connectivity index (χ2v) is 5.30. The summed E-state index contributed by atoms with van der Waals surface area (Å²) in [7, 11) is 0. The Balaban J connectivity index is 2.01. The Labute approximate surface area is 110 Å². The minimum absolute atomic E-state index is 0.727. The maximum absolute atomic E-state index is 5.85. The van der Waals surface area contributed by atoms with Crippen molar-refractivity contribution in [1.82, 2.24) is 4.90 Å². The fraction of sp³-hybridized carbons (Fsp3) is 0.600. The summed E-state index contributed by atoms with van der Waals surface area (Å²) in [5.41, 5.74) is 4.59. The quantitative estimate of drug-likeness (QED) is 0.698. The highest BCUT2D eigenvalue weighted by molar-refractivity contribution is 6.18. The van der Waals surface area contributed by atoms with Gasteiger partial charge in [-0.2, -0.15) is 0 Å². The normalized spacial score (nSPS) is 14.3. The van der Waals surface area contributed by atoms with Crippen molar-refractivity contribution < 1.29 is 0 Å². The Hall–Kier alpha value is -0.530. The SMILES string of the molecule is CCCN(CCCl)Cc1ccc2c(c1)CCC2. The van der Waals surface area contributed by atoms with Gasteiger partial charge in [0, 0.05) is 19.0 Å². The van der Waals surface area contributed by atoms with Crippen LogP contribution in [-0.2, 0) is 19.4 Å². The van der Waals surface area contributed by atoms with E-state index in [4.69, 9.17) is 11.6 Å². The molecule has 0 radical (unpaired) electrons. The maximum atomic E-state index is 5.85. The van der Waals surface area contributed by atoms with E-state index in [0.29, 0.717) is 0 Å². The number of hydrogen-bond acceptors (Lipinski definition) is 1. The van der Waals surface area contributed by atoms with Crippen molar-refractivity contribution in [3.8, 4) is 0 Å². The first kappa shape index (κ1) is 12.9. The highest BCUT2D eigenvalue weighted by atomic mass is 35.5. The Kier molecular flexibility index (Phi) is 4.87. The fourth-order valence-electron chi connectivity index (χ4n) is 2.69. The van der Waals surface area contributed by atoms with E-state index in [-0.39, 0.29) is 0 Å². The van der Waals surface area contributed by atoms with E-state index in [2.05, 4.69) is 30.0 Å². The molecule has 0 unspecified atom stereocenters. The lowest BCUT2D eigenvalue weighted by Gasteiger charge is -2.20. The molecule has 0 aromatic heterocycles. The number of fused-ring (bicyclic) bond motifs is 1. The smallest absolute Gasteiger partial charge is 0.0351 e. The fourth-order valence-corrected chi connectivity index (χ4v) is 2.93. The van der Waals surface area contributed by atoms with Crippen molar-refractivity contribution in [2.75, 3.05) is 19.0 Å². The number of hydrogen-bond donors (Lipinski definition) is 0. The van der Waals surface area contributed by atoms with E-state index in [1.807, 2.05) is 0 Å². The number of rotatable bonds is 6. The van der Waals surface area contributed by atoms with Gasteiger partial charge in [-0.25, -0.2) is 0 Å². The van der Waals surface area contributed by atoms with Gasteiger partial charge in [0.1, 0.15) is 0 Å². The largest absolute Gasteiger partial charge is 0.298 e. The first-order chi connectivity index (χ1) is 8.33. The molecular formula is C15H22ClN. The van der Waals surface area contributed by atoms with Gasteiger partial charge < -0.3 is 0 Å². The molecule has 0 atom stereocenters. The molecule has 94 valence electrons. The second-order valence-electron chi connectivity index (χ2n) is 4.92. The Morgan fingerprint density at radius 3 is 2.76 bits per heavy atom. The lowest BCUT2D eigenvalue weighted by Crippen LogP contribution is -2.26. The molecule has 0 amide bonds. The van der Waals surface area contributed by atoms with Crippen molar-refractivity contribution in [2.45, 2.75) is 39.2 Å². The van der Waals surface area contributed by atoms with E-state index in [1.165, 1.54) is 31.2 Å². The Morgan fingerprint density at radius 1 is 1.18 bits per heavy atom. The van der Waals surface area contributed by atoms with Gasteiger partial charge >= 0.3 is 0 Å². The van der Waals surface area contributed by atoms with Gasteiger partial charge in [0.2, 0.25) is 0 Å². The summed E-state index contributed by atoms with van der Waals surface area (Å²) >= 11 is 5.85. The molecule has 2 rings (SSSR count). The summed E-state index contributed by atoms with van der Waals surface area (Å²) in [6.07, 6.45) is 5.07. The molecule has 1 aromatic carbocycles. The van der Waals surface area contributed by atoms with Gasteiger partial charge in [0.15, 0.2) is 0 Å². The summed E-state index contributed by atoms with van der Waals surface area (Å²) in [5, 5.41) is 0. The number of alkyl halides is 1. The molecule has 0 fully saturated rings. The molecule has 0 bridgehead atoms. The molecule has 0 saturated heterocycles. The summed E-state index contributed by atoms with van der Waals surface area (Å²) in [6, 6.07) is 7.02. The molecule has 1 nitrogen and oxygen atoms in total. The van der Waals surface area contributed by atoms with Crippen LogP contribution in [0.5, 0.6) is 0 Å². The standard InChI is InChI=1S/C15H22ClN/c1-2-9-17(10-8-16)12-13-6-7-14-4-3-5-15(14)11-13/h6-7,11H,2-5,8-10,12H2,1H3. The molecule has 0 heterocycles. The first-order valence-corrected chi connectivity index (χ1v) is 7.26. The number of aryl methyl sites for hydroxylation is 2. The number of halogens is 1. The van der Waals surface area contributed by atoms with Crippen molar-refractivity contribution in [1.29, 1.82) is 0 Å². The summed E-state index contributed by atoms with van der Waals surface area (Å²) in [4.78, 5) is 2.45. The molecule has 0 saturated carbocycles. The van der Waals surface area contributed by atoms with E-state index in [0.717, 1.165) is 25.5 Å². The Bertz CT molecular complexity index is 356.